The van der Waals surface area contributed by atoms with Crippen molar-refractivity contribution in [3.05, 3.63) is 24.5 Å². The summed E-state index contributed by atoms with van der Waals surface area (Å²) in [7, 11) is 0. The predicted molar refractivity (Wildman–Crippen MR) is 48.0 cm³/mol. The van der Waals surface area contributed by atoms with Gasteiger partial charge in [0.05, 0.1) is 12.8 Å². The van der Waals surface area contributed by atoms with Gasteiger partial charge < -0.3 is 4.74 Å². The van der Waals surface area contributed by atoms with Gasteiger partial charge in [0.2, 0.25) is 0 Å². The Morgan fingerprint density at radius 1 is 1.58 bits per heavy atom. The third-order valence-electron chi connectivity index (χ3n) is 1.54. The average molecular weight is 164 g/mol. The first-order chi connectivity index (χ1) is 5.79. The molecule has 0 N–H and O–H groups in total. The molecule has 1 radical (unpaired) electrons. The van der Waals surface area contributed by atoms with Crippen LogP contribution in [0.5, 0.6) is 5.75 Å². The number of ether oxygens (including phenoxy) is 1. The van der Waals surface area contributed by atoms with Crippen molar-refractivity contribution in [2.24, 2.45) is 5.92 Å². The lowest BCUT2D eigenvalue weighted by molar-refractivity contribution is 0.288. The SMILES string of the molecule is CC(C)CCOc1c[c]cnc1. The van der Waals surface area contributed by atoms with E-state index in [0.717, 1.165) is 18.8 Å². The van der Waals surface area contributed by atoms with E-state index in [1.165, 1.54) is 0 Å². The monoisotopic (exact) mass is 164 g/mol. The lowest BCUT2D eigenvalue weighted by atomic mass is 10.1. The van der Waals surface area contributed by atoms with Crippen molar-refractivity contribution in [1.29, 1.82) is 0 Å². The second kappa shape index (κ2) is 4.75. The molecule has 1 heterocycles. The van der Waals surface area contributed by atoms with E-state index in [4.69, 9.17) is 4.74 Å². The fourth-order valence-electron chi connectivity index (χ4n) is 0.802. The molecule has 2 heteroatoms. The smallest absolute Gasteiger partial charge is 0.138 e. The van der Waals surface area contributed by atoms with Crippen molar-refractivity contribution in [1.82, 2.24) is 4.98 Å². The Morgan fingerprint density at radius 2 is 2.42 bits per heavy atom. The Labute approximate surface area is 73.6 Å². The molecule has 0 atom stereocenters. The van der Waals surface area contributed by atoms with Gasteiger partial charge in [0.15, 0.2) is 0 Å². The summed E-state index contributed by atoms with van der Waals surface area (Å²) in [6.07, 6.45) is 4.40. The van der Waals surface area contributed by atoms with Crippen molar-refractivity contribution in [3.63, 3.8) is 0 Å². The quantitative estimate of drug-likeness (QED) is 0.681. The molecule has 2 nitrogen and oxygen atoms in total. The fourth-order valence-corrected chi connectivity index (χ4v) is 0.802. The second-order valence-corrected chi connectivity index (χ2v) is 3.15. The summed E-state index contributed by atoms with van der Waals surface area (Å²) in [5.41, 5.74) is 0. The highest BCUT2D eigenvalue weighted by molar-refractivity contribution is 5.14. The maximum atomic E-state index is 5.42. The van der Waals surface area contributed by atoms with Crippen molar-refractivity contribution in [3.8, 4) is 5.75 Å². The Balaban J connectivity index is 2.25. The topological polar surface area (TPSA) is 22.1 Å². The Morgan fingerprint density at radius 3 is 3.00 bits per heavy atom. The number of hydrogen-bond acceptors (Lipinski definition) is 2. The normalized spacial score (nSPS) is 10.2. The van der Waals surface area contributed by atoms with E-state index in [-0.39, 0.29) is 0 Å². The standard InChI is InChI=1S/C10H14NO/c1-9(2)5-7-12-10-4-3-6-11-8-10/h4,6,8-9H,5,7H2,1-2H3. The van der Waals surface area contributed by atoms with Crippen LogP contribution in [0.1, 0.15) is 20.3 Å². The molecule has 0 aromatic carbocycles. The Kier molecular flexibility index (Phi) is 3.58. The zero-order valence-corrected chi connectivity index (χ0v) is 7.58. The molecule has 0 aliphatic rings. The largest absolute Gasteiger partial charge is 0.492 e. The van der Waals surface area contributed by atoms with Crippen LogP contribution >= 0.6 is 0 Å². The first-order valence-electron chi connectivity index (χ1n) is 4.23. The van der Waals surface area contributed by atoms with Crippen LogP contribution in [0.25, 0.3) is 0 Å². The van der Waals surface area contributed by atoms with Gasteiger partial charge in [0, 0.05) is 12.3 Å². The minimum absolute atomic E-state index is 0.686. The molecule has 0 spiro atoms. The van der Waals surface area contributed by atoms with Crippen molar-refractivity contribution < 1.29 is 4.74 Å². The van der Waals surface area contributed by atoms with Crippen LogP contribution in [0.15, 0.2) is 18.5 Å². The maximum absolute atomic E-state index is 5.42. The van der Waals surface area contributed by atoms with E-state index in [2.05, 4.69) is 24.9 Å². The molecule has 0 unspecified atom stereocenters. The summed E-state index contributed by atoms with van der Waals surface area (Å²) < 4.78 is 5.42. The van der Waals surface area contributed by atoms with Gasteiger partial charge in [-0.15, -0.1) is 0 Å². The maximum Gasteiger partial charge on any atom is 0.138 e. The zero-order valence-electron chi connectivity index (χ0n) is 7.58. The van der Waals surface area contributed by atoms with E-state index in [0.29, 0.717) is 5.92 Å². The second-order valence-electron chi connectivity index (χ2n) is 3.15. The molecule has 1 aromatic heterocycles. The van der Waals surface area contributed by atoms with Gasteiger partial charge in [-0.2, -0.15) is 0 Å². The van der Waals surface area contributed by atoms with E-state index in [1.54, 1.807) is 18.5 Å². The molecule has 12 heavy (non-hydrogen) atoms. The molecule has 0 fully saturated rings. The van der Waals surface area contributed by atoms with Crippen molar-refractivity contribution in [2.75, 3.05) is 6.61 Å². The van der Waals surface area contributed by atoms with Crippen LogP contribution in [0.3, 0.4) is 0 Å². The van der Waals surface area contributed by atoms with Crippen molar-refractivity contribution >= 4 is 0 Å². The van der Waals surface area contributed by atoms with Gasteiger partial charge in [-0.05, 0) is 18.4 Å². The third kappa shape index (κ3) is 3.37. The zero-order chi connectivity index (χ0) is 8.81. The summed E-state index contributed by atoms with van der Waals surface area (Å²) in [4.78, 5) is 3.90. The molecule has 0 aliphatic carbocycles. The van der Waals surface area contributed by atoms with Crippen LogP contribution in [-0.2, 0) is 0 Å². The summed E-state index contributed by atoms with van der Waals surface area (Å²) in [6, 6.07) is 4.66. The fraction of sp³-hybridized carbons (Fsp3) is 0.500. The molecule has 65 valence electrons. The summed E-state index contributed by atoms with van der Waals surface area (Å²) in [6.45, 7) is 5.12. The Bertz CT molecular complexity index is 208. The molecule has 1 aromatic rings. The number of nitrogens with zero attached hydrogens (tertiary/aromatic N) is 1. The minimum atomic E-state index is 0.686. The third-order valence-corrected chi connectivity index (χ3v) is 1.54. The lowest BCUT2D eigenvalue weighted by Gasteiger charge is -2.06. The number of hydrogen-bond donors (Lipinski definition) is 0. The van der Waals surface area contributed by atoms with Gasteiger partial charge in [0.25, 0.3) is 0 Å². The first kappa shape index (κ1) is 9.04. The lowest BCUT2D eigenvalue weighted by Crippen LogP contribution is -2.01. The van der Waals surface area contributed by atoms with Gasteiger partial charge in [-0.3, -0.25) is 4.98 Å². The predicted octanol–water partition coefficient (Wildman–Crippen LogP) is 2.31. The molecular formula is C10H14NO. The van der Waals surface area contributed by atoms with Crippen molar-refractivity contribution in [2.45, 2.75) is 20.3 Å². The van der Waals surface area contributed by atoms with Crippen LogP contribution in [0, 0.1) is 12.0 Å². The van der Waals surface area contributed by atoms with Crippen LogP contribution in [-0.4, -0.2) is 11.6 Å². The molecular weight excluding hydrogens is 150 g/mol. The highest BCUT2D eigenvalue weighted by Gasteiger charge is 1.95. The summed E-state index contributed by atoms with van der Waals surface area (Å²) in [5.74, 6) is 1.49. The number of rotatable bonds is 4. The van der Waals surface area contributed by atoms with Gasteiger partial charge >= 0.3 is 0 Å². The minimum Gasteiger partial charge on any atom is -0.492 e. The Hall–Kier alpha value is -1.05. The number of pyridine rings is 1. The van der Waals surface area contributed by atoms with Gasteiger partial charge in [-0.1, -0.05) is 13.8 Å². The molecule has 0 saturated heterocycles. The highest BCUT2D eigenvalue weighted by Crippen LogP contribution is 2.07. The number of aromatic nitrogens is 1. The van der Waals surface area contributed by atoms with E-state index >= 15 is 0 Å². The summed E-state index contributed by atoms with van der Waals surface area (Å²) >= 11 is 0. The molecule has 1 rings (SSSR count). The van der Waals surface area contributed by atoms with Crippen LogP contribution in [0.2, 0.25) is 0 Å². The van der Waals surface area contributed by atoms with Crippen LogP contribution in [0.4, 0.5) is 0 Å². The van der Waals surface area contributed by atoms with E-state index in [9.17, 15) is 0 Å². The van der Waals surface area contributed by atoms with E-state index in [1.807, 2.05) is 0 Å². The molecule has 0 saturated carbocycles. The molecule has 0 bridgehead atoms. The van der Waals surface area contributed by atoms with Gasteiger partial charge in [0.1, 0.15) is 5.75 Å². The first-order valence-corrected chi connectivity index (χ1v) is 4.23. The summed E-state index contributed by atoms with van der Waals surface area (Å²) in [5, 5.41) is 0. The molecule has 0 amide bonds. The molecule has 0 aliphatic heterocycles. The highest BCUT2D eigenvalue weighted by atomic mass is 16.5. The van der Waals surface area contributed by atoms with Crippen LogP contribution < -0.4 is 4.74 Å². The average Bonchev–Trinajstić information content (AvgIpc) is 2.05. The van der Waals surface area contributed by atoms with Gasteiger partial charge in [-0.25, -0.2) is 0 Å². The van der Waals surface area contributed by atoms with E-state index < -0.39 is 0 Å².